The number of hydrogen-bond acceptors (Lipinski definition) is 3. The molecule has 0 aromatic heterocycles. The van der Waals surface area contributed by atoms with Crippen LogP contribution in [0, 0.1) is 0 Å². The molecule has 0 spiro atoms. The molecule has 1 amide bonds. The summed E-state index contributed by atoms with van der Waals surface area (Å²) < 4.78 is 12.2. The molecule has 2 aromatic rings. The van der Waals surface area contributed by atoms with Crippen molar-refractivity contribution in [2.75, 3.05) is 18.5 Å². The molecule has 1 fully saturated rings. The molecular formula is C18H18BrNO3. The lowest BCUT2D eigenvalue weighted by molar-refractivity contribution is 0.0679. The fraction of sp³-hybridized carbons (Fsp3) is 0.278. The summed E-state index contributed by atoms with van der Waals surface area (Å²) >= 11 is 3.37. The number of ether oxygens (including phenoxy) is 2. The van der Waals surface area contributed by atoms with E-state index in [0.29, 0.717) is 12.2 Å². The largest absolute Gasteiger partial charge is 0.491 e. The minimum atomic E-state index is -0.141. The monoisotopic (exact) mass is 375 g/mol. The van der Waals surface area contributed by atoms with E-state index in [9.17, 15) is 4.79 Å². The summed E-state index contributed by atoms with van der Waals surface area (Å²) in [5, 5.41) is 2.86. The van der Waals surface area contributed by atoms with E-state index in [4.69, 9.17) is 9.47 Å². The van der Waals surface area contributed by atoms with Crippen LogP contribution >= 0.6 is 15.9 Å². The van der Waals surface area contributed by atoms with E-state index >= 15 is 0 Å². The maximum atomic E-state index is 12.2. The maximum Gasteiger partial charge on any atom is 0.255 e. The topological polar surface area (TPSA) is 47.6 Å². The van der Waals surface area contributed by atoms with Crippen molar-refractivity contribution in [3.8, 4) is 5.75 Å². The van der Waals surface area contributed by atoms with E-state index < -0.39 is 0 Å². The van der Waals surface area contributed by atoms with Gasteiger partial charge >= 0.3 is 0 Å². The van der Waals surface area contributed by atoms with Gasteiger partial charge in [0.2, 0.25) is 0 Å². The number of carbonyl (C=O) groups excluding carboxylic acids is 1. The Kier molecular flexibility index (Phi) is 5.31. The van der Waals surface area contributed by atoms with Crippen LogP contribution in [0.2, 0.25) is 0 Å². The lowest BCUT2D eigenvalue weighted by Crippen LogP contribution is -2.16. The van der Waals surface area contributed by atoms with Gasteiger partial charge in [0, 0.05) is 22.3 Å². The predicted molar refractivity (Wildman–Crippen MR) is 93.0 cm³/mol. The molecule has 0 bridgehead atoms. The maximum absolute atomic E-state index is 12.2. The van der Waals surface area contributed by atoms with Crippen molar-refractivity contribution in [3.63, 3.8) is 0 Å². The standard InChI is InChI=1S/C18H18BrNO3/c19-14-5-7-15(8-6-14)20-18(21)13-3-9-16(10-4-13)23-12-17-2-1-11-22-17/h3-10,17H,1-2,11-12H2,(H,20,21)/t17-/m1/s1. The number of nitrogens with one attached hydrogen (secondary N) is 1. The summed E-state index contributed by atoms with van der Waals surface area (Å²) in [5.41, 5.74) is 1.36. The van der Waals surface area contributed by atoms with Crippen LogP contribution in [-0.4, -0.2) is 25.2 Å². The molecule has 1 aliphatic heterocycles. The van der Waals surface area contributed by atoms with Crippen LogP contribution in [-0.2, 0) is 4.74 Å². The minimum absolute atomic E-state index is 0.141. The lowest BCUT2D eigenvalue weighted by atomic mass is 10.2. The van der Waals surface area contributed by atoms with Gasteiger partial charge in [-0.3, -0.25) is 4.79 Å². The first kappa shape index (κ1) is 16.0. The highest BCUT2D eigenvalue weighted by Crippen LogP contribution is 2.18. The van der Waals surface area contributed by atoms with Crippen molar-refractivity contribution in [3.05, 3.63) is 58.6 Å². The van der Waals surface area contributed by atoms with Crippen LogP contribution in [0.15, 0.2) is 53.0 Å². The Morgan fingerprint density at radius 1 is 1.17 bits per heavy atom. The smallest absolute Gasteiger partial charge is 0.255 e. The normalized spacial score (nSPS) is 17.0. The van der Waals surface area contributed by atoms with E-state index in [-0.39, 0.29) is 12.0 Å². The van der Waals surface area contributed by atoms with Crippen LogP contribution in [0.3, 0.4) is 0 Å². The number of rotatable bonds is 5. The Hall–Kier alpha value is -1.85. The molecule has 0 radical (unpaired) electrons. The van der Waals surface area contributed by atoms with Gasteiger partial charge in [0.05, 0.1) is 6.10 Å². The zero-order valence-corrected chi connectivity index (χ0v) is 14.2. The van der Waals surface area contributed by atoms with Gasteiger partial charge in [-0.25, -0.2) is 0 Å². The quantitative estimate of drug-likeness (QED) is 0.848. The van der Waals surface area contributed by atoms with Crippen molar-refractivity contribution in [1.82, 2.24) is 0 Å². The summed E-state index contributed by atoms with van der Waals surface area (Å²) in [7, 11) is 0. The Bertz CT molecular complexity index is 649. The molecule has 1 saturated heterocycles. The van der Waals surface area contributed by atoms with Crippen molar-refractivity contribution in [1.29, 1.82) is 0 Å². The highest BCUT2D eigenvalue weighted by molar-refractivity contribution is 9.10. The van der Waals surface area contributed by atoms with Crippen molar-refractivity contribution < 1.29 is 14.3 Å². The van der Waals surface area contributed by atoms with Gasteiger partial charge in [-0.1, -0.05) is 15.9 Å². The molecule has 2 aromatic carbocycles. The molecule has 0 aliphatic carbocycles. The number of hydrogen-bond donors (Lipinski definition) is 1. The average Bonchev–Trinajstić information content (AvgIpc) is 3.09. The van der Waals surface area contributed by atoms with Crippen LogP contribution < -0.4 is 10.1 Å². The first-order chi connectivity index (χ1) is 11.2. The zero-order chi connectivity index (χ0) is 16.1. The predicted octanol–water partition coefficient (Wildman–Crippen LogP) is 4.26. The number of amides is 1. The van der Waals surface area contributed by atoms with Crippen LogP contribution in [0.4, 0.5) is 5.69 Å². The SMILES string of the molecule is O=C(Nc1ccc(Br)cc1)c1ccc(OC[C@H]2CCCO2)cc1. The van der Waals surface area contributed by atoms with E-state index in [1.54, 1.807) is 12.1 Å². The molecule has 1 heterocycles. The number of halogens is 1. The van der Waals surface area contributed by atoms with Gasteiger partial charge < -0.3 is 14.8 Å². The highest BCUT2D eigenvalue weighted by atomic mass is 79.9. The molecule has 1 aliphatic rings. The lowest BCUT2D eigenvalue weighted by Gasteiger charge is -2.11. The van der Waals surface area contributed by atoms with Crippen LogP contribution in [0.5, 0.6) is 5.75 Å². The minimum Gasteiger partial charge on any atom is -0.491 e. The Balaban J connectivity index is 1.55. The second kappa shape index (κ2) is 7.62. The molecule has 1 N–H and O–H groups in total. The second-order valence-electron chi connectivity index (χ2n) is 5.43. The van der Waals surface area contributed by atoms with Crippen LogP contribution in [0.25, 0.3) is 0 Å². The molecular weight excluding hydrogens is 358 g/mol. The number of benzene rings is 2. The molecule has 0 saturated carbocycles. The Morgan fingerprint density at radius 3 is 2.57 bits per heavy atom. The number of anilines is 1. The molecule has 4 nitrogen and oxygen atoms in total. The average molecular weight is 376 g/mol. The fourth-order valence-electron chi connectivity index (χ4n) is 2.40. The summed E-state index contributed by atoms with van der Waals surface area (Å²) in [5.74, 6) is 0.610. The Morgan fingerprint density at radius 2 is 1.91 bits per heavy atom. The second-order valence-corrected chi connectivity index (χ2v) is 6.35. The first-order valence-electron chi connectivity index (χ1n) is 7.62. The molecule has 23 heavy (non-hydrogen) atoms. The molecule has 5 heteroatoms. The third kappa shape index (κ3) is 4.56. The van der Waals surface area contributed by atoms with Crippen molar-refractivity contribution >= 4 is 27.5 Å². The van der Waals surface area contributed by atoms with Crippen molar-refractivity contribution in [2.45, 2.75) is 18.9 Å². The first-order valence-corrected chi connectivity index (χ1v) is 8.41. The molecule has 1 atom stereocenters. The van der Waals surface area contributed by atoms with Gasteiger partial charge in [0.15, 0.2) is 0 Å². The van der Waals surface area contributed by atoms with E-state index in [1.165, 1.54) is 0 Å². The van der Waals surface area contributed by atoms with E-state index in [1.807, 2.05) is 36.4 Å². The highest BCUT2D eigenvalue weighted by Gasteiger charge is 2.16. The van der Waals surface area contributed by atoms with Gasteiger partial charge in [-0.15, -0.1) is 0 Å². The third-order valence-corrected chi connectivity index (χ3v) is 4.21. The fourth-order valence-corrected chi connectivity index (χ4v) is 2.67. The van der Waals surface area contributed by atoms with Crippen LogP contribution in [0.1, 0.15) is 23.2 Å². The third-order valence-electron chi connectivity index (χ3n) is 3.68. The zero-order valence-electron chi connectivity index (χ0n) is 12.6. The van der Waals surface area contributed by atoms with Gasteiger partial charge in [-0.05, 0) is 61.4 Å². The Labute approximate surface area is 143 Å². The van der Waals surface area contributed by atoms with Gasteiger partial charge in [0.1, 0.15) is 12.4 Å². The summed E-state index contributed by atoms with van der Waals surface area (Å²) in [4.78, 5) is 12.2. The number of carbonyl (C=O) groups is 1. The summed E-state index contributed by atoms with van der Waals surface area (Å²) in [6, 6.07) is 14.6. The summed E-state index contributed by atoms with van der Waals surface area (Å²) in [6.45, 7) is 1.38. The van der Waals surface area contributed by atoms with Crippen molar-refractivity contribution in [2.24, 2.45) is 0 Å². The van der Waals surface area contributed by atoms with E-state index in [0.717, 1.165) is 35.4 Å². The van der Waals surface area contributed by atoms with Gasteiger partial charge in [0.25, 0.3) is 5.91 Å². The molecule has 120 valence electrons. The summed E-state index contributed by atoms with van der Waals surface area (Å²) in [6.07, 6.45) is 2.34. The molecule has 3 rings (SSSR count). The van der Waals surface area contributed by atoms with E-state index in [2.05, 4.69) is 21.2 Å². The van der Waals surface area contributed by atoms with Gasteiger partial charge in [-0.2, -0.15) is 0 Å². The molecule has 0 unspecified atom stereocenters.